The largest absolute Gasteiger partial charge is 0.455 e. The van der Waals surface area contributed by atoms with Gasteiger partial charge in [-0.3, -0.25) is 9.48 Å². The van der Waals surface area contributed by atoms with Crippen LogP contribution in [0.3, 0.4) is 0 Å². The van der Waals surface area contributed by atoms with E-state index in [4.69, 9.17) is 0 Å². The van der Waals surface area contributed by atoms with Crippen LogP contribution in [-0.4, -0.2) is 21.7 Å². The van der Waals surface area contributed by atoms with Gasteiger partial charge in [-0.2, -0.15) is 44.6 Å². The number of rotatable bonds is 1. The van der Waals surface area contributed by atoms with Crippen molar-refractivity contribution in [3.05, 3.63) is 17.0 Å². The Bertz CT molecular complexity index is 534. The molecule has 0 spiro atoms. The summed E-state index contributed by atoms with van der Waals surface area (Å²) in [5.41, 5.74) is -7.50. The Morgan fingerprint density at radius 2 is 1.40 bits per heavy atom. The van der Waals surface area contributed by atoms with Gasteiger partial charge in [0.05, 0.1) is 5.56 Å². The van der Waals surface area contributed by atoms with Gasteiger partial charge in [-0.15, -0.1) is 0 Å². The van der Waals surface area contributed by atoms with Gasteiger partial charge in [-0.05, 0) is 0 Å². The van der Waals surface area contributed by atoms with Crippen LogP contribution in [0, 0.1) is 0 Å². The van der Waals surface area contributed by atoms with Crippen molar-refractivity contribution in [2.24, 2.45) is 7.05 Å². The number of hydrogen-bond donors (Lipinski definition) is 0. The summed E-state index contributed by atoms with van der Waals surface area (Å²) in [6, 6.07) is 0. The molecule has 1 rings (SSSR count). The molecule has 1 aromatic heterocycles. The summed E-state index contributed by atoms with van der Waals surface area (Å²) in [5.74, 6) is -3.26. The molecular formula is C8H3F9N2O. The molecule has 0 bridgehead atoms. The molecule has 0 aliphatic heterocycles. The Hall–Kier alpha value is -1.75. The standard InChI is InChI=1S/C8H3F9N2O/c1-19-4(7(12,13)14)2(5(20)8(15,16)17)3(18-19)6(9,10)11/h1H3. The fourth-order valence-electron chi connectivity index (χ4n) is 1.40. The van der Waals surface area contributed by atoms with Crippen molar-refractivity contribution in [2.45, 2.75) is 18.5 Å². The van der Waals surface area contributed by atoms with Crippen LogP contribution in [0.25, 0.3) is 0 Å². The number of Topliss-reactive ketones (excluding diaryl/α,β-unsaturated/α-hetero) is 1. The predicted octanol–water partition coefficient (Wildman–Crippen LogP) is 3.20. The molecular weight excluding hydrogens is 311 g/mol. The van der Waals surface area contributed by atoms with Crippen LogP contribution >= 0.6 is 0 Å². The lowest BCUT2D eigenvalue weighted by atomic mass is 10.1. The van der Waals surface area contributed by atoms with Crippen molar-refractivity contribution in [3.63, 3.8) is 0 Å². The van der Waals surface area contributed by atoms with Crippen molar-refractivity contribution in [1.29, 1.82) is 0 Å². The summed E-state index contributed by atoms with van der Waals surface area (Å²) in [7, 11) is 0.352. The molecule has 0 fully saturated rings. The average Bonchev–Trinajstić information content (AvgIpc) is 2.51. The van der Waals surface area contributed by atoms with E-state index in [1.165, 1.54) is 0 Å². The van der Waals surface area contributed by atoms with Crippen molar-refractivity contribution in [2.75, 3.05) is 0 Å². The lowest BCUT2D eigenvalue weighted by molar-refractivity contribution is -0.145. The number of halogens is 9. The van der Waals surface area contributed by atoms with Crippen molar-refractivity contribution >= 4 is 5.78 Å². The van der Waals surface area contributed by atoms with Gasteiger partial charge in [0.15, 0.2) is 11.4 Å². The van der Waals surface area contributed by atoms with E-state index in [1.54, 1.807) is 0 Å². The quantitative estimate of drug-likeness (QED) is 0.589. The fraction of sp³-hybridized carbons (Fsp3) is 0.500. The SMILES string of the molecule is Cn1nc(C(F)(F)F)c(C(=O)C(F)(F)F)c1C(F)(F)F. The number of carbonyl (C=O) groups excluding carboxylic acids is 1. The van der Waals surface area contributed by atoms with Crippen LogP contribution in [0.5, 0.6) is 0 Å². The second-order valence-electron chi connectivity index (χ2n) is 3.52. The first-order valence-electron chi connectivity index (χ1n) is 4.50. The lowest BCUT2D eigenvalue weighted by Crippen LogP contribution is -2.28. The van der Waals surface area contributed by atoms with Gasteiger partial charge in [0.1, 0.15) is 0 Å². The van der Waals surface area contributed by atoms with E-state index in [1.807, 2.05) is 0 Å². The van der Waals surface area contributed by atoms with Gasteiger partial charge in [-0.1, -0.05) is 0 Å². The third-order valence-corrected chi connectivity index (χ3v) is 2.07. The Balaban J connectivity index is 3.73. The van der Waals surface area contributed by atoms with Crippen LogP contribution in [0.15, 0.2) is 0 Å². The van der Waals surface area contributed by atoms with Crippen molar-refractivity contribution in [1.82, 2.24) is 9.78 Å². The molecule has 12 heteroatoms. The second kappa shape index (κ2) is 4.38. The van der Waals surface area contributed by atoms with E-state index in [9.17, 15) is 44.3 Å². The molecule has 0 atom stereocenters. The topological polar surface area (TPSA) is 34.9 Å². The highest BCUT2D eigenvalue weighted by Gasteiger charge is 2.53. The molecule has 0 aliphatic carbocycles. The highest BCUT2D eigenvalue weighted by atomic mass is 19.4. The Morgan fingerprint density at radius 1 is 0.950 bits per heavy atom. The molecule has 0 unspecified atom stereocenters. The molecule has 0 saturated carbocycles. The Morgan fingerprint density at radius 3 is 1.70 bits per heavy atom. The van der Waals surface area contributed by atoms with Gasteiger partial charge in [-0.25, -0.2) is 0 Å². The molecule has 0 aromatic carbocycles. The molecule has 3 nitrogen and oxygen atoms in total. The van der Waals surface area contributed by atoms with Crippen LogP contribution in [0.4, 0.5) is 39.5 Å². The van der Waals surface area contributed by atoms with Gasteiger partial charge >= 0.3 is 18.5 Å². The summed E-state index contributed by atoms with van der Waals surface area (Å²) in [6.45, 7) is 0. The van der Waals surface area contributed by atoms with Crippen LogP contribution < -0.4 is 0 Å². The molecule has 0 aliphatic rings. The average molecular weight is 314 g/mol. The maximum absolute atomic E-state index is 12.5. The predicted molar refractivity (Wildman–Crippen MR) is 43.6 cm³/mol. The number of ketones is 1. The molecule has 0 N–H and O–H groups in total. The normalized spacial score (nSPS) is 13.7. The third-order valence-electron chi connectivity index (χ3n) is 2.07. The Kier molecular flexibility index (Phi) is 3.57. The van der Waals surface area contributed by atoms with Crippen molar-refractivity contribution < 1.29 is 44.3 Å². The summed E-state index contributed by atoms with van der Waals surface area (Å²) >= 11 is 0. The lowest BCUT2D eigenvalue weighted by Gasteiger charge is -2.12. The zero-order chi connectivity index (χ0) is 16.1. The molecule has 0 radical (unpaired) electrons. The monoisotopic (exact) mass is 314 g/mol. The summed E-state index contributed by atoms with van der Waals surface area (Å²) in [6.07, 6.45) is -17.2. The molecule has 1 aromatic rings. The molecule has 0 saturated heterocycles. The van der Waals surface area contributed by atoms with Crippen LogP contribution in [0.1, 0.15) is 21.7 Å². The molecule has 114 valence electrons. The van der Waals surface area contributed by atoms with Gasteiger partial charge in [0.2, 0.25) is 0 Å². The number of hydrogen-bond acceptors (Lipinski definition) is 2. The molecule has 20 heavy (non-hydrogen) atoms. The highest BCUT2D eigenvalue weighted by molar-refractivity contribution is 6.02. The second-order valence-corrected chi connectivity index (χ2v) is 3.52. The minimum atomic E-state index is -5.90. The zero-order valence-electron chi connectivity index (χ0n) is 9.20. The third kappa shape index (κ3) is 2.88. The van der Waals surface area contributed by atoms with E-state index in [2.05, 4.69) is 5.10 Å². The molecule has 0 amide bonds. The van der Waals surface area contributed by atoms with E-state index < -0.39 is 45.9 Å². The number of nitrogens with zero attached hydrogens (tertiary/aromatic N) is 2. The van der Waals surface area contributed by atoms with Gasteiger partial charge in [0, 0.05) is 7.05 Å². The Labute approximate surface area is 104 Å². The molecule has 1 heterocycles. The smallest absolute Gasteiger partial charge is 0.284 e. The summed E-state index contributed by atoms with van der Waals surface area (Å²) in [5, 5.41) is 2.33. The first-order chi connectivity index (χ1) is 8.67. The van der Waals surface area contributed by atoms with E-state index in [0.717, 1.165) is 0 Å². The summed E-state index contributed by atoms with van der Waals surface area (Å²) in [4.78, 5) is 10.8. The van der Waals surface area contributed by atoms with Gasteiger partial charge < -0.3 is 0 Å². The minimum absolute atomic E-state index is 0.352. The van der Waals surface area contributed by atoms with Crippen LogP contribution in [-0.2, 0) is 19.4 Å². The number of aromatic nitrogens is 2. The first kappa shape index (κ1) is 16.3. The maximum Gasteiger partial charge on any atom is 0.455 e. The van der Waals surface area contributed by atoms with Crippen molar-refractivity contribution in [3.8, 4) is 0 Å². The number of carbonyl (C=O) groups is 1. The van der Waals surface area contributed by atoms with E-state index in [-0.39, 0.29) is 0 Å². The zero-order valence-corrected chi connectivity index (χ0v) is 9.20. The first-order valence-corrected chi connectivity index (χ1v) is 4.50. The van der Waals surface area contributed by atoms with Crippen LogP contribution in [0.2, 0.25) is 0 Å². The van der Waals surface area contributed by atoms with E-state index >= 15 is 0 Å². The minimum Gasteiger partial charge on any atom is -0.284 e. The fourth-order valence-corrected chi connectivity index (χ4v) is 1.40. The van der Waals surface area contributed by atoms with Gasteiger partial charge in [0.25, 0.3) is 5.78 Å². The number of alkyl halides is 9. The highest BCUT2D eigenvalue weighted by Crippen LogP contribution is 2.41. The number of aryl methyl sites for hydroxylation is 1. The maximum atomic E-state index is 12.5. The summed E-state index contributed by atoms with van der Waals surface area (Å²) < 4.78 is 111. The van der Waals surface area contributed by atoms with E-state index in [0.29, 0.717) is 7.05 Å².